The molecular formula is C18H31N3. The van der Waals surface area contributed by atoms with Crippen molar-refractivity contribution in [3.63, 3.8) is 0 Å². The van der Waals surface area contributed by atoms with Gasteiger partial charge in [-0.3, -0.25) is 9.80 Å². The predicted octanol–water partition coefficient (Wildman–Crippen LogP) is 2.64. The Hall–Kier alpha value is -0.900. The molecule has 0 amide bonds. The largest absolute Gasteiger partial charge is 0.329 e. The first-order chi connectivity index (χ1) is 9.76. The van der Waals surface area contributed by atoms with Crippen LogP contribution in [0.3, 0.4) is 0 Å². The molecule has 21 heavy (non-hydrogen) atoms. The molecule has 1 aliphatic rings. The van der Waals surface area contributed by atoms with E-state index in [9.17, 15) is 0 Å². The van der Waals surface area contributed by atoms with Crippen LogP contribution in [0.5, 0.6) is 0 Å². The van der Waals surface area contributed by atoms with E-state index in [1.807, 2.05) is 0 Å². The Balaban J connectivity index is 2.33. The molecule has 118 valence electrons. The molecule has 2 N–H and O–H groups in total. The molecule has 1 aromatic carbocycles. The van der Waals surface area contributed by atoms with Crippen molar-refractivity contribution in [3.05, 3.63) is 34.4 Å². The SMILES string of the molecule is Cc1cc(C)c(C(CN)N2CCN(C)C(C)(C)C2)c(C)c1. The van der Waals surface area contributed by atoms with Gasteiger partial charge in [0.1, 0.15) is 0 Å². The van der Waals surface area contributed by atoms with Gasteiger partial charge >= 0.3 is 0 Å². The number of aryl methyl sites for hydroxylation is 3. The Morgan fingerprint density at radius 3 is 2.19 bits per heavy atom. The van der Waals surface area contributed by atoms with Gasteiger partial charge < -0.3 is 5.73 Å². The number of benzene rings is 1. The van der Waals surface area contributed by atoms with Gasteiger partial charge in [0.25, 0.3) is 0 Å². The summed E-state index contributed by atoms with van der Waals surface area (Å²) in [5.74, 6) is 0. The van der Waals surface area contributed by atoms with E-state index in [0.29, 0.717) is 12.6 Å². The van der Waals surface area contributed by atoms with Crippen LogP contribution in [0.1, 0.15) is 42.1 Å². The van der Waals surface area contributed by atoms with Crippen molar-refractivity contribution >= 4 is 0 Å². The van der Waals surface area contributed by atoms with Gasteiger partial charge in [-0.2, -0.15) is 0 Å². The zero-order valence-corrected chi connectivity index (χ0v) is 14.5. The van der Waals surface area contributed by atoms with Crippen LogP contribution in [-0.4, -0.2) is 48.6 Å². The maximum Gasteiger partial charge on any atom is 0.0477 e. The fourth-order valence-corrected chi connectivity index (χ4v) is 3.71. The molecule has 1 aromatic rings. The van der Waals surface area contributed by atoms with Gasteiger partial charge in [-0.05, 0) is 58.4 Å². The third kappa shape index (κ3) is 3.31. The summed E-state index contributed by atoms with van der Waals surface area (Å²) in [5.41, 5.74) is 11.9. The summed E-state index contributed by atoms with van der Waals surface area (Å²) in [6.07, 6.45) is 0. The van der Waals surface area contributed by atoms with Gasteiger partial charge in [-0.15, -0.1) is 0 Å². The Morgan fingerprint density at radius 2 is 1.71 bits per heavy atom. The minimum absolute atomic E-state index is 0.207. The summed E-state index contributed by atoms with van der Waals surface area (Å²) in [6, 6.07) is 4.90. The van der Waals surface area contributed by atoms with Crippen molar-refractivity contribution in [1.82, 2.24) is 9.80 Å². The highest BCUT2D eigenvalue weighted by molar-refractivity contribution is 5.40. The number of piperazine rings is 1. The van der Waals surface area contributed by atoms with Crippen LogP contribution in [0, 0.1) is 20.8 Å². The molecule has 2 rings (SSSR count). The zero-order valence-electron chi connectivity index (χ0n) is 14.5. The van der Waals surface area contributed by atoms with Crippen LogP contribution < -0.4 is 5.73 Å². The quantitative estimate of drug-likeness (QED) is 0.928. The van der Waals surface area contributed by atoms with E-state index in [1.54, 1.807) is 0 Å². The smallest absolute Gasteiger partial charge is 0.0477 e. The van der Waals surface area contributed by atoms with Gasteiger partial charge in [0.15, 0.2) is 0 Å². The molecule has 1 heterocycles. The molecule has 1 unspecified atom stereocenters. The number of hydrogen-bond donors (Lipinski definition) is 1. The zero-order chi connectivity index (χ0) is 15.8. The Kier molecular flexibility index (Phi) is 4.76. The molecule has 1 aliphatic heterocycles. The van der Waals surface area contributed by atoms with Crippen LogP contribution in [0.2, 0.25) is 0 Å². The molecular weight excluding hydrogens is 258 g/mol. The second-order valence-corrected chi connectivity index (χ2v) is 7.27. The second-order valence-electron chi connectivity index (χ2n) is 7.27. The standard InChI is InChI=1S/C18H31N3/c1-13-9-14(2)17(15(3)10-13)16(11-19)21-8-7-20(6)18(4,5)12-21/h9-10,16H,7-8,11-12,19H2,1-6H3. The molecule has 0 bridgehead atoms. The van der Waals surface area contributed by atoms with Crippen LogP contribution in [0.25, 0.3) is 0 Å². The van der Waals surface area contributed by atoms with Crippen LogP contribution in [0.4, 0.5) is 0 Å². The van der Waals surface area contributed by atoms with Gasteiger partial charge in [0, 0.05) is 37.8 Å². The summed E-state index contributed by atoms with van der Waals surface area (Å²) in [6.45, 7) is 15.2. The van der Waals surface area contributed by atoms with Crippen molar-refractivity contribution in [2.24, 2.45) is 5.73 Å². The van der Waals surface area contributed by atoms with Crippen LogP contribution in [-0.2, 0) is 0 Å². The minimum Gasteiger partial charge on any atom is -0.329 e. The first-order valence-electron chi connectivity index (χ1n) is 7.99. The van der Waals surface area contributed by atoms with Crippen molar-refractivity contribution in [2.75, 3.05) is 33.2 Å². The highest BCUT2D eigenvalue weighted by atomic mass is 15.3. The van der Waals surface area contributed by atoms with Crippen molar-refractivity contribution in [2.45, 2.75) is 46.2 Å². The van der Waals surface area contributed by atoms with Gasteiger partial charge in [-0.1, -0.05) is 17.7 Å². The Labute approximate surface area is 130 Å². The third-order valence-electron chi connectivity index (χ3n) is 5.08. The highest BCUT2D eigenvalue weighted by Gasteiger charge is 2.34. The fraction of sp³-hybridized carbons (Fsp3) is 0.667. The first-order valence-corrected chi connectivity index (χ1v) is 7.99. The molecule has 0 aliphatic carbocycles. The summed E-state index contributed by atoms with van der Waals surface area (Å²) in [4.78, 5) is 5.02. The molecule has 3 nitrogen and oxygen atoms in total. The number of nitrogens with two attached hydrogens (primary N) is 1. The van der Waals surface area contributed by atoms with Crippen LogP contribution >= 0.6 is 0 Å². The lowest BCUT2D eigenvalue weighted by Gasteiger charge is -2.48. The molecule has 0 saturated carbocycles. The Morgan fingerprint density at radius 1 is 1.14 bits per heavy atom. The normalized spacial score (nSPS) is 21.5. The minimum atomic E-state index is 0.207. The molecule has 0 aromatic heterocycles. The third-order valence-corrected chi connectivity index (χ3v) is 5.08. The lowest BCUT2D eigenvalue weighted by Crippen LogP contribution is -2.58. The van der Waals surface area contributed by atoms with E-state index in [0.717, 1.165) is 19.6 Å². The highest BCUT2D eigenvalue weighted by Crippen LogP contribution is 2.31. The van der Waals surface area contributed by atoms with Crippen molar-refractivity contribution < 1.29 is 0 Å². The Bertz CT molecular complexity index is 484. The summed E-state index contributed by atoms with van der Waals surface area (Å²) < 4.78 is 0. The topological polar surface area (TPSA) is 32.5 Å². The average Bonchev–Trinajstić information content (AvgIpc) is 2.37. The molecule has 1 saturated heterocycles. The number of likely N-dealkylation sites (N-methyl/N-ethyl adjacent to an activating group) is 1. The molecule has 0 spiro atoms. The lowest BCUT2D eigenvalue weighted by atomic mass is 9.90. The summed E-state index contributed by atoms with van der Waals surface area (Å²) >= 11 is 0. The molecule has 1 fully saturated rings. The van der Waals surface area contributed by atoms with Crippen LogP contribution in [0.15, 0.2) is 12.1 Å². The van der Waals surface area contributed by atoms with E-state index >= 15 is 0 Å². The molecule has 1 atom stereocenters. The number of hydrogen-bond acceptors (Lipinski definition) is 3. The van der Waals surface area contributed by atoms with Crippen molar-refractivity contribution in [3.8, 4) is 0 Å². The monoisotopic (exact) mass is 289 g/mol. The number of rotatable bonds is 3. The van der Waals surface area contributed by atoms with E-state index in [1.165, 1.54) is 22.3 Å². The fourth-order valence-electron chi connectivity index (χ4n) is 3.71. The molecule has 3 heteroatoms. The van der Waals surface area contributed by atoms with Gasteiger partial charge in [0.05, 0.1) is 0 Å². The number of nitrogens with zero attached hydrogens (tertiary/aromatic N) is 2. The van der Waals surface area contributed by atoms with E-state index in [2.05, 4.69) is 63.6 Å². The van der Waals surface area contributed by atoms with E-state index in [4.69, 9.17) is 5.73 Å². The van der Waals surface area contributed by atoms with E-state index < -0.39 is 0 Å². The predicted molar refractivity (Wildman–Crippen MR) is 90.7 cm³/mol. The van der Waals surface area contributed by atoms with Gasteiger partial charge in [0.2, 0.25) is 0 Å². The average molecular weight is 289 g/mol. The lowest BCUT2D eigenvalue weighted by molar-refractivity contribution is 0.0177. The maximum absolute atomic E-state index is 6.18. The van der Waals surface area contributed by atoms with E-state index in [-0.39, 0.29) is 5.54 Å². The maximum atomic E-state index is 6.18. The summed E-state index contributed by atoms with van der Waals surface area (Å²) in [5, 5.41) is 0. The van der Waals surface area contributed by atoms with Crippen molar-refractivity contribution in [1.29, 1.82) is 0 Å². The summed E-state index contributed by atoms with van der Waals surface area (Å²) in [7, 11) is 2.22. The first kappa shape index (κ1) is 16.5. The second kappa shape index (κ2) is 6.07. The molecule has 0 radical (unpaired) electrons. The van der Waals surface area contributed by atoms with Gasteiger partial charge in [-0.25, -0.2) is 0 Å².